The lowest BCUT2D eigenvalue weighted by atomic mass is 9.96. The summed E-state index contributed by atoms with van der Waals surface area (Å²) < 4.78 is 0. The lowest BCUT2D eigenvalue weighted by Gasteiger charge is -2.35. The molecule has 1 aromatic heterocycles. The lowest BCUT2D eigenvalue weighted by molar-refractivity contribution is 0.166. The van der Waals surface area contributed by atoms with Crippen molar-refractivity contribution in [2.75, 3.05) is 26.2 Å². The molecule has 2 aromatic rings. The fourth-order valence-corrected chi connectivity index (χ4v) is 3.51. The Hall–Kier alpha value is -1.58. The van der Waals surface area contributed by atoms with Crippen LogP contribution in [0.1, 0.15) is 30.1 Å². The molecule has 0 radical (unpaired) electrons. The molecule has 3 nitrogen and oxygen atoms in total. The molecule has 0 amide bonds. The molecule has 3 rings (SSSR count). The summed E-state index contributed by atoms with van der Waals surface area (Å²) in [5.74, 6) is 0. The molecule has 0 spiro atoms. The minimum atomic E-state index is 0.487. The number of hydrogen-bond donors (Lipinski definition) is 2. The second-order valence-corrected chi connectivity index (χ2v) is 5.88. The quantitative estimate of drug-likeness (QED) is 0.824. The summed E-state index contributed by atoms with van der Waals surface area (Å²) >= 11 is 0. The number of piperazine rings is 1. The van der Waals surface area contributed by atoms with Crippen molar-refractivity contribution in [1.29, 1.82) is 0 Å². The van der Waals surface area contributed by atoms with E-state index in [2.05, 4.69) is 53.0 Å². The smallest absolute Gasteiger partial charge is 0.0459 e. The van der Waals surface area contributed by atoms with E-state index in [1.165, 1.54) is 22.2 Å². The highest BCUT2D eigenvalue weighted by molar-refractivity contribution is 5.85. The van der Waals surface area contributed by atoms with Gasteiger partial charge >= 0.3 is 0 Å². The molecular formula is C18H25N3. The van der Waals surface area contributed by atoms with Gasteiger partial charge in [0.05, 0.1) is 0 Å². The number of nitrogens with one attached hydrogen (secondary N) is 2. The topological polar surface area (TPSA) is 31.1 Å². The Balaban J connectivity index is 2.00. The van der Waals surface area contributed by atoms with Crippen LogP contribution in [0.15, 0.2) is 36.9 Å². The van der Waals surface area contributed by atoms with E-state index in [9.17, 15) is 0 Å². The van der Waals surface area contributed by atoms with Gasteiger partial charge in [-0.05, 0) is 31.4 Å². The fraction of sp³-hybridized carbons (Fsp3) is 0.444. The number of rotatable bonds is 5. The summed E-state index contributed by atoms with van der Waals surface area (Å²) in [6.45, 7) is 10.5. The summed E-state index contributed by atoms with van der Waals surface area (Å²) in [7, 11) is 0. The Morgan fingerprint density at radius 3 is 2.81 bits per heavy atom. The Labute approximate surface area is 127 Å². The molecular weight excluding hydrogens is 258 g/mol. The number of hydrogen-bond acceptors (Lipinski definition) is 2. The molecule has 2 heterocycles. The highest BCUT2D eigenvalue weighted by Gasteiger charge is 2.25. The lowest BCUT2D eigenvalue weighted by Crippen LogP contribution is -2.45. The van der Waals surface area contributed by atoms with Gasteiger partial charge in [-0.1, -0.05) is 24.3 Å². The number of allylic oxidation sites excluding steroid dienone is 1. The van der Waals surface area contributed by atoms with Crippen LogP contribution in [0.2, 0.25) is 0 Å². The first-order valence-corrected chi connectivity index (χ1v) is 7.94. The summed E-state index contributed by atoms with van der Waals surface area (Å²) in [5.41, 5.74) is 4.04. The van der Waals surface area contributed by atoms with Gasteiger partial charge in [0.2, 0.25) is 0 Å². The van der Waals surface area contributed by atoms with Gasteiger partial charge < -0.3 is 10.3 Å². The van der Waals surface area contributed by atoms with Crippen molar-refractivity contribution >= 4 is 10.9 Å². The number of nitrogens with zero attached hydrogens (tertiary/aromatic N) is 1. The summed E-state index contributed by atoms with van der Waals surface area (Å²) in [5, 5.41) is 4.83. The minimum Gasteiger partial charge on any atom is -0.358 e. The second kappa shape index (κ2) is 6.46. The van der Waals surface area contributed by atoms with E-state index in [0.717, 1.165) is 39.0 Å². The number of aryl methyl sites for hydroxylation is 1. The molecule has 21 heavy (non-hydrogen) atoms. The van der Waals surface area contributed by atoms with Crippen molar-refractivity contribution in [3.63, 3.8) is 0 Å². The first-order valence-electron chi connectivity index (χ1n) is 7.94. The van der Waals surface area contributed by atoms with Crippen molar-refractivity contribution in [1.82, 2.24) is 15.2 Å². The molecule has 0 bridgehead atoms. The molecule has 3 heteroatoms. The molecule has 1 aliphatic rings. The van der Waals surface area contributed by atoms with E-state index < -0.39 is 0 Å². The standard InChI is InChI=1S/C18H25N3/c1-3-4-9-17(21-12-10-19-11-13-21)18-14(2)20-16-8-6-5-7-15(16)18/h3,5-8,17,19-20H,1,4,9-13H2,2H3/t17-/m0/s1. The highest BCUT2D eigenvalue weighted by atomic mass is 15.2. The minimum absolute atomic E-state index is 0.487. The molecule has 0 unspecified atom stereocenters. The Morgan fingerprint density at radius 1 is 1.29 bits per heavy atom. The van der Waals surface area contributed by atoms with Crippen molar-refractivity contribution in [2.24, 2.45) is 0 Å². The van der Waals surface area contributed by atoms with E-state index in [-0.39, 0.29) is 0 Å². The molecule has 112 valence electrons. The first kappa shape index (κ1) is 14.4. The van der Waals surface area contributed by atoms with Crippen LogP contribution in [-0.2, 0) is 0 Å². The largest absolute Gasteiger partial charge is 0.358 e. The van der Waals surface area contributed by atoms with Crippen LogP contribution >= 0.6 is 0 Å². The Bertz CT molecular complexity index is 608. The van der Waals surface area contributed by atoms with Crippen LogP contribution in [0, 0.1) is 6.92 Å². The van der Waals surface area contributed by atoms with Gasteiger partial charge in [-0.2, -0.15) is 0 Å². The molecule has 1 saturated heterocycles. The van der Waals surface area contributed by atoms with E-state index >= 15 is 0 Å². The summed E-state index contributed by atoms with van der Waals surface area (Å²) in [4.78, 5) is 6.18. The van der Waals surface area contributed by atoms with Gasteiger partial charge in [0.15, 0.2) is 0 Å². The third kappa shape index (κ3) is 2.89. The van der Waals surface area contributed by atoms with E-state index in [1.54, 1.807) is 0 Å². The van der Waals surface area contributed by atoms with Crippen LogP contribution in [0.3, 0.4) is 0 Å². The second-order valence-electron chi connectivity index (χ2n) is 5.88. The Kier molecular flexibility index (Phi) is 4.42. The third-order valence-electron chi connectivity index (χ3n) is 4.51. The first-order chi connectivity index (χ1) is 10.3. The molecule has 1 atom stereocenters. The number of benzene rings is 1. The van der Waals surface area contributed by atoms with Gasteiger partial charge in [-0.15, -0.1) is 6.58 Å². The number of para-hydroxylation sites is 1. The zero-order valence-electron chi connectivity index (χ0n) is 12.9. The highest BCUT2D eigenvalue weighted by Crippen LogP contribution is 2.34. The van der Waals surface area contributed by atoms with E-state index in [1.807, 2.05) is 6.08 Å². The van der Waals surface area contributed by atoms with Gasteiger partial charge in [-0.25, -0.2) is 0 Å². The van der Waals surface area contributed by atoms with E-state index in [4.69, 9.17) is 0 Å². The van der Waals surface area contributed by atoms with Gasteiger partial charge in [0.25, 0.3) is 0 Å². The summed E-state index contributed by atoms with van der Waals surface area (Å²) in [6.07, 6.45) is 4.25. The molecule has 0 aliphatic carbocycles. The molecule has 0 saturated carbocycles. The molecule has 1 fully saturated rings. The zero-order chi connectivity index (χ0) is 14.7. The average Bonchev–Trinajstić information content (AvgIpc) is 2.85. The summed E-state index contributed by atoms with van der Waals surface area (Å²) in [6, 6.07) is 9.15. The van der Waals surface area contributed by atoms with Crippen LogP contribution in [-0.4, -0.2) is 36.1 Å². The maximum absolute atomic E-state index is 3.91. The predicted molar refractivity (Wildman–Crippen MR) is 89.7 cm³/mol. The number of H-pyrrole nitrogens is 1. The predicted octanol–water partition coefficient (Wildman–Crippen LogP) is 3.39. The van der Waals surface area contributed by atoms with Crippen molar-refractivity contribution in [2.45, 2.75) is 25.8 Å². The zero-order valence-corrected chi connectivity index (χ0v) is 12.9. The third-order valence-corrected chi connectivity index (χ3v) is 4.51. The SMILES string of the molecule is C=CCC[C@@H](c1c(C)[nH]c2ccccc12)N1CCNCC1. The van der Waals surface area contributed by atoms with Crippen LogP contribution < -0.4 is 5.32 Å². The number of fused-ring (bicyclic) bond motifs is 1. The maximum atomic E-state index is 3.91. The van der Waals surface area contributed by atoms with Gasteiger partial charge in [-0.3, -0.25) is 4.90 Å². The molecule has 2 N–H and O–H groups in total. The van der Waals surface area contributed by atoms with Crippen molar-refractivity contribution < 1.29 is 0 Å². The normalized spacial score (nSPS) is 18.0. The van der Waals surface area contributed by atoms with Crippen molar-refractivity contribution in [3.8, 4) is 0 Å². The van der Waals surface area contributed by atoms with Gasteiger partial charge in [0, 0.05) is 48.8 Å². The van der Waals surface area contributed by atoms with Crippen LogP contribution in [0.25, 0.3) is 10.9 Å². The molecule has 1 aliphatic heterocycles. The monoisotopic (exact) mass is 283 g/mol. The number of aromatic nitrogens is 1. The van der Waals surface area contributed by atoms with Gasteiger partial charge in [0.1, 0.15) is 0 Å². The van der Waals surface area contributed by atoms with Crippen LogP contribution in [0.5, 0.6) is 0 Å². The van der Waals surface area contributed by atoms with E-state index in [0.29, 0.717) is 6.04 Å². The average molecular weight is 283 g/mol. The fourth-order valence-electron chi connectivity index (χ4n) is 3.51. The van der Waals surface area contributed by atoms with Crippen LogP contribution in [0.4, 0.5) is 0 Å². The van der Waals surface area contributed by atoms with Crippen molar-refractivity contribution in [3.05, 3.63) is 48.2 Å². The number of aromatic amines is 1. The molecule has 1 aromatic carbocycles. The maximum Gasteiger partial charge on any atom is 0.0459 e. The Morgan fingerprint density at radius 2 is 2.05 bits per heavy atom.